The van der Waals surface area contributed by atoms with Crippen LogP contribution < -0.4 is 0 Å². The Morgan fingerprint density at radius 1 is 1.05 bits per heavy atom. The largest absolute Gasteiger partial charge is 0.388 e. The predicted octanol–water partition coefficient (Wildman–Crippen LogP) is 4.60. The fraction of sp³-hybridized carbons (Fsp3) is 0.684. The van der Waals surface area contributed by atoms with Gasteiger partial charge in [-0.25, -0.2) is 0 Å². The van der Waals surface area contributed by atoms with Gasteiger partial charge >= 0.3 is 0 Å². The van der Waals surface area contributed by atoms with Crippen LogP contribution in [0.5, 0.6) is 0 Å². The monoisotopic (exact) mass is 288 g/mol. The number of aliphatic hydroxyl groups is 1. The molecule has 0 bridgehead atoms. The maximum absolute atomic E-state index is 10.7. The lowest BCUT2D eigenvalue weighted by molar-refractivity contribution is 0.0527. The second-order valence-corrected chi connectivity index (χ2v) is 7.94. The second-order valence-electron chi connectivity index (χ2n) is 7.94. The van der Waals surface area contributed by atoms with Crippen LogP contribution in [-0.2, 0) is 18.0 Å². The average molecular weight is 288 g/mol. The Balaban J connectivity index is 1.65. The first kappa shape index (κ1) is 15.1. The molecule has 0 aromatic heterocycles. The Bertz CT molecular complexity index is 493. The molecule has 2 aliphatic rings. The second kappa shape index (κ2) is 5.73. The van der Waals surface area contributed by atoms with E-state index in [1.807, 2.05) is 0 Å². The van der Waals surface area contributed by atoms with Gasteiger partial charge in [-0.1, -0.05) is 39.0 Å². The number of hydrogen-bond acceptors (Lipinski definition) is 2. The van der Waals surface area contributed by atoms with Gasteiger partial charge in [0.05, 0.1) is 19.3 Å². The van der Waals surface area contributed by atoms with Crippen molar-refractivity contribution in [1.82, 2.24) is 0 Å². The van der Waals surface area contributed by atoms with E-state index in [1.54, 1.807) is 0 Å². The number of ether oxygens (including phenoxy) is 1. The minimum absolute atomic E-state index is 0.309. The minimum atomic E-state index is -0.309. The lowest BCUT2D eigenvalue weighted by Gasteiger charge is -2.38. The molecule has 0 spiro atoms. The molecule has 2 heteroatoms. The Labute approximate surface area is 128 Å². The molecule has 1 aromatic rings. The SMILES string of the molecule is CC(C)(C)C1CCC(C(O)c2ccc3c(c2)COC3)CC1. The van der Waals surface area contributed by atoms with Crippen molar-refractivity contribution in [3.63, 3.8) is 0 Å². The Morgan fingerprint density at radius 2 is 1.71 bits per heavy atom. The van der Waals surface area contributed by atoms with E-state index in [0.29, 0.717) is 17.9 Å². The van der Waals surface area contributed by atoms with Crippen LogP contribution in [0.3, 0.4) is 0 Å². The molecular formula is C19H28O2. The van der Waals surface area contributed by atoms with Crippen molar-refractivity contribution in [3.05, 3.63) is 34.9 Å². The van der Waals surface area contributed by atoms with Gasteiger partial charge in [0.1, 0.15) is 0 Å². The van der Waals surface area contributed by atoms with Crippen molar-refractivity contribution >= 4 is 0 Å². The third kappa shape index (κ3) is 3.17. The normalized spacial score (nSPS) is 27.4. The van der Waals surface area contributed by atoms with Crippen LogP contribution in [0.25, 0.3) is 0 Å². The molecule has 0 saturated heterocycles. The fourth-order valence-electron chi connectivity index (χ4n) is 3.95. The van der Waals surface area contributed by atoms with Gasteiger partial charge in [0.2, 0.25) is 0 Å². The maximum atomic E-state index is 10.7. The van der Waals surface area contributed by atoms with Gasteiger partial charge in [-0.3, -0.25) is 0 Å². The standard InChI is InChI=1S/C19H28O2/c1-19(2,3)17-8-6-13(7-9-17)18(20)14-4-5-15-11-21-12-16(15)10-14/h4-5,10,13,17-18,20H,6-9,11-12H2,1-3H3. The van der Waals surface area contributed by atoms with E-state index in [2.05, 4.69) is 39.0 Å². The smallest absolute Gasteiger partial charge is 0.0818 e. The lowest BCUT2D eigenvalue weighted by atomic mass is 9.68. The minimum Gasteiger partial charge on any atom is -0.388 e. The summed E-state index contributed by atoms with van der Waals surface area (Å²) in [5.74, 6) is 1.22. The van der Waals surface area contributed by atoms with Gasteiger partial charge in [-0.2, -0.15) is 0 Å². The number of aliphatic hydroxyl groups excluding tert-OH is 1. The molecule has 1 aromatic carbocycles. The van der Waals surface area contributed by atoms with Crippen molar-refractivity contribution in [2.75, 3.05) is 0 Å². The highest BCUT2D eigenvalue weighted by Gasteiger charge is 2.33. The predicted molar refractivity (Wildman–Crippen MR) is 84.8 cm³/mol. The van der Waals surface area contributed by atoms with Crippen molar-refractivity contribution in [1.29, 1.82) is 0 Å². The van der Waals surface area contributed by atoms with E-state index in [4.69, 9.17) is 4.74 Å². The molecule has 2 nitrogen and oxygen atoms in total. The lowest BCUT2D eigenvalue weighted by Crippen LogP contribution is -2.28. The number of benzene rings is 1. The van der Waals surface area contributed by atoms with E-state index < -0.39 is 0 Å². The molecule has 1 fully saturated rings. The molecule has 3 rings (SSSR count). The first-order valence-electron chi connectivity index (χ1n) is 8.32. The molecule has 116 valence electrons. The zero-order valence-corrected chi connectivity index (χ0v) is 13.6. The van der Waals surface area contributed by atoms with Crippen molar-refractivity contribution < 1.29 is 9.84 Å². The maximum Gasteiger partial charge on any atom is 0.0818 e. The summed E-state index contributed by atoms with van der Waals surface area (Å²) in [5, 5.41) is 10.7. The molecule has 1 aliphatic carbocycles. The highest BCUT2D eigenvalue weighted by Crippen LogP contribution is 2.43. The van der Waals surface area contributed by atoms with Crippen molar-refractivity contribution in [2.24, 2.45) is 17.3 Å². The molecule has 1 heterocycles. The Hall–Kier alpha value is -0.860. The van der Waals surface area contributed by atoms with Crippen LogP contribution in [0.1, 0.15) is 69.2 Å². The topological polar surface area (TPSA) is 29.5 Å². The third-order valence-electron chi connectivity index (χ3n) is 5.53. The zero-order valence-electron chi connectivity index (χ0n) is 13.6. The summed E-state index contributed by atoms with van der Waals surface area (Å²) < 4.78 is 5.47. The van der Waals surface area contributed by atoms with Gasteiger partial charge in [0.15, 0.2) is 0 Å². The summed E-state index contributed by atoms with van der Waals surface area (Å²) in [6.07, 6.45) is 4.49. The van der Waals surface area contributed by atoms with Crippen molar-refractivity contribution in [2.45, 2.75) is 65.8 Å². The average Bonchev–Trinajstić information content (AvgIpc) is 2.93. The first-order chi connectivity index (χ1) is 9.95. The number of hydrogen-bond donors (Lipinski definition) is 1. The number of fused-ring (bicyclic) bond motifs is 1. The molecule has 1 saturated carbocycles. The summed E-state index contributed by atoms with van der Waals surface area (Å²) >= 11 is 0. The summed E-state index contributed by atoms with van der Waals surface area (Å²) in [6.45, 7) is 8.45. The Kier molecular flexibility index (Phi) is 4.11. The van der Waals surface area contributed by atoms with Crippen LogP contribution in [0.15, 0.2) is 18.2 Å². The van der Waals surface area contributed by atoms with Gasteiger partial charge < -0.3 is 9.84 Å². The molecule has 1 N–H and O–H groups in total. The molecular weight excluding hydrogens is 260 g/mol. The third-order valence-corrected chi connectivity index (χ3v) is 5.53. The quantitative estimate of drug-likeness (QED) is 0.861. The summed E-state index contributed by atoms with van der Waals surface area (Å²) in [6, 6.07) is 6.37. The first-order valence-corrected chi connectivity index (χ1v) is 8.32. The molecule has 1 unspecified atom stereocenters. The van der Waals surface area contributed by atoms with E-state index in [-0.39, 0.29) is 6.10 Å². The molecule has 0 amide bonds. The van der Waals surface area contributed by atoms with Crippen LogP contribution in [-0.4, -0.2) is 5.11 Å². The number of rotatable bonds is 2. The summed E-state index contributed by atoms with van der Waals surface area (Å²) in [7, 11) is 0. The van der Waals surface area contributed by atoms with E-state index in [9.17, 15) is 5.11 Å². The zero-order chi connectivity index (χ0) is 15.0. The Morgan fingerprint density at radius 3 is 2.38 bits per heavy atom. The van der Waals surface area contributed by atoms with Gasteiger partial charge in [0, 0.05) is 0 Å². The summed E-state index contributed by atoms with van der Waals surface area (Å²) in [4.78, 5) is 0. The van der Waals surface area contributed by atoms with E-state index in [1.165, 1.54) is 24.0 Å². The van der Waals surface area contributed by atoms with Crippen LogP contribution in [0.4, 0.5) is 0 Å². The van der Waals surface area contributed by atoms with E-state index in [0.717, 1.165) is 30.9 Å². The van der Waals surface area contributed by atoms with Crippen LogP contribution in [0, 0.1) is 17.3 Å². The fourth-order valence-corrected chi connectivity index (χ4v) is 3.95. The van der Waals surface area contributed by atoms with Gasteiger partial charge in [-0.15, -0.1) is 0 Å². The van der Waals surface area contributed by atoms with Crippen LogP contribution in [0.2, 0.25) is 0 Å². The highest BCUT2D eigenvalue weighted by molar-refractivity contribution is 5.34. The molecule has 0 radical (unpaired) electrons. The van der Waals surface area contributed by atoms with Crippen molar-refractivity contribution in [3.8, 4) is 0 Å². The molecule has 1 atom stereocenters. The molecule has 21 heavy (non-hydrogen) atoms. The summed E-state index contributed by atoms with van der Waals surface area (Å²) in [5.41, 5.74) is 4.02. The van der Waals surface area contributed by atoms with Gasteiger partial charge in [0.25, 0.3) is 0 Å². The van der Waals surface area contributed by atoms with Gasteiger partial charge in [-0.05, 0) is 59.6 Å². The van der Waals surface area contributed by atoms with E-state index >= 15 is 0 Å². The van der Waals surface area contributed by atoms with Crippen LogP contribution >= 0.6 is 0 Å². The highest BCUT2D eigenvalue weighted by atomic mass is 16.5. The molecule has 1 aliphatic heterocycles.